The molecule has 3 unspecified atom stereocenters. The number of amides is 3. The van der Waals surface area contributed by atoms with Gasteiger partial charge in [0.15, 0.2) is 0 Å². The first-order valence-corrected chi connectivity index (χ1v) is 16.5. The molecule has 4 aliphatic rings. The lowest BCUT2D eigenvalue weighted by Gasteiger charge is -2.53. The normalized spacial score (nSPS) is 29.1. The summed E-state index contributed by atoms with van der Waals surface area (Å²) in [7, 11) is 1.83. The number of hydrogen-bond donors (Lipinski definition) is 3. The predicted molar refractivity (Wildman–Crippen MR) is 169 cm³/mol. The van der Waals surface area contributed by atoms with E-state index in [1.807, 2.05) is 48.3 Å². The van der Waals surface area contributed by atoms with Gasteiger partial charge < -0.3 is 29.9 Å². The van der Waals surface area contributed by atoms with E-state index in [0.29, 0.717) is 49.7 Å². The summed E-state index contributed by atoms with van der Waals surface area (Å²) in [6, 6.07) is 12.4. The molecular weight excluding hydrogens is 627 g/mol. The van der Waals surface area contributed by atoms with Crippen molar-refractivity contribution < 1.29 is 37.4 Å². The Bertz CT molecular complexity index is 1750. The molecule has 6 atom stereocenters. The lowest BCUT2D eigenvalue weighted by molar-refractivity contribution is -0.357. The molecule has 0 saturated carbocycles. The van der Waals surface area contributed by atoms with Crippen LogP contribution in [0.3, 0.4) is 0 Å². The number of likely N-dealkylation sites (N-methyl/N-ethyl adjacent to an activating group) is 1. The van der Waals surface area contributed by atoms with Gasteiger partial charge in [0.05, 0.1) is 5.92 Å². The Morgan fingerprint density at radius 3 is 2.62 bits per heavy atom. The summed E-state index contributed by atoms with van der Waals surface area (Å²) in [6.45, 7) is 3.91. The fraction of sp³-hybridized carbons (Fsp3) is 0.514. The topological polar surface area (TPSA) is 118 Å². The number of carbonyl (C=O) groups is 3. The maximum absolute atomic E-state index is 14.0. The molecule has 3 aliphatic heterocycles. The number of halogens is 3. The van der Waals surface area contributed by atoms with E-state index in [1.165, 1.54) is 0 Å². The minimum atomic E-state index is -4.51. The second kappa shape index (κ2) is 11.6. The van der Waals surface area contributed by atoms with Crippen LogP contribution in [0.25, 0.3) is 10.9 Å². The smallest absolute Gasteiger partial charge is 0.351 e. The highest BCUT2D eigenvalue weighted by atomic mass is 19.4. The summed E-state index contributed by atoms with van der Waals surface area (Å²) in [4.78, 5) is 47.3. The molecule has 3 N–H and O–H groups in total. The molecule has 7 rings (SSSR count). The largest absolute Gasteiger partial charge is 0.431 e. The number of rotatable bonds is 7. The van der Waals surface area contributed by atoms with Crippen LogP contribution in [0.5, 0.6) is 0 Å². The van der Waals surface area contributed by atoms with Gasteiger partial charge in [0, 0.05) is 42.4 Å². The molecule has 3 amide bonds. The maximum Gasteiger partial charge on any atom is 0.431 e. The molecular formula is C35H40F3N5O5. The van der Waals surface area contributed by atoms with Gasteiger partial charge in [-0.3, -0.25) is 19.3 Å². The number of benzene rings is 2. The second-order valence-corrected chi connectivity index (χ2v) is 14.2. The van der Waals surface area contributed by atoms with E-state index in [2.05, 4.69) is 10.3 Å². The first kappa shape index (κ1) is 32.6. The van der Waals surface area contributed by atoms with Crippen molar-refractivity contribution in [3.8, 4) is 0 Å². The summed E-state index contributed by atoms with van der Waals surface area (Å²) < 4.78 is 48.2. The van der Waals surface area contributed by atoms with E-state index in [9.17, 15) is 32.7 Å². The van der Waals surface area contributed by atoms with Crippen LogP contribution in [-0.4, -0.2) is 92.9 Å². The Morgan fingerprint density at radius 2 is 1.92 bits per heavy atom. The number of piperazine rings is 1. The Kier molecular flexibility index (Phi) is 7.87. The lowest BCUT2D eigenvalue weighted by atomic mass is 9.72. The highest BCUT2D eigenvalue weighted by molar-refractivity contribution is 5.90. The van der Waals surface area contributed by atoms with Crippen molar-refractivity contribution in [1.82, 2.24) is 25.0 Å². The number of fused-ring (bicyclic) bond motifs is 3. The molecule has 0 spiro atoms. The van der Waals surface area contributed by atoms with Crippen LogP contribution >= 0.6 is 0 Å². The number of H-pyrrole nitrogens is 1. The number of likely N-dealkylation sites (tertiary alicyclic amines) is 1. The minimum Gasteiger partial charge on any atom is -0.351 e. The zero-order valence-corrected chi connectivity index (χ0v) is 27.1. The standard InChI is InChI=1S/C35H40F3N5O5/c1-33(2,48-35(47)28-13-8-14-42(28)32(46)27(43(35)19-44)15-20-9-5-4-6-10-20)40-31(45)21-16-23-22-11-7-12-25-29(22)24(17-26(23)41(3)18-21)30(39-25)34(36,37)38/h4-7,9-12,19,21,23,26-28,39,47H,8,13-18H2,1-3H3,(H,40,45)/t21-,23?,26?,27?,28+,35+/m1/s1. The maximum atomic E-state index is 14.0. The third-order valence-electron chi connectivity index (χ3n) is 10.7. The quantitative estimate of drug-likeness (QED) is 0.261. The number of aromatic nitrogens is 1. The van der Waals surface area contributed by atoms with Gasteiger partial charge in [0.1, 0.15) is 23.5 Å². The number of piperidine rings is 1. The van der Waals surface area contributed by atoms with Crippen LogP contribution < -0.4 is 5.32 Å². The van der Waals surface area contributed by atoms with Crippen molar-refractivity contribution in [2.45, 2.75) is 87.8 Å². The Hall–Kier alpha value is -3.94. The number of hydrogen-bond acceptors (Lipinski definition) is 6. The van der Waals surface area contributed by atoms with E-state index in [0.717, 1.165) is 16.0 Å². The van der Waals surface area contributed by atoms with Gasteiger partial charge in [0.25, 0.3) is 5.91 Å². The van der Waals surface area contributed by atoms with Crippen molar-refractivity contribution in [2.24, 2.45) is 5.92 Å². The van der Waals surface area contributed by atoms with Crippen molar-refractivity contribution in [3.05, 3.63) is 70.9 Å². The highest BCUT2D eigenvalue weighted by Crippen LogP contribution is 2.48. The molecule has 2 aromatic carbocycles. The first-order chi connectivity index (χ1) is 22.7. The van der Waals surface area contributed by atoms with Gasteiger partial charge in [-0.25, -0.2) is 0 Å². The lowest BCUT2D eigenvalue weighted by Crippen LogP contribution is -2.75. The molecule has 3 aromatic rings. The van der Waals surface area contributed by atoms with Crippen LogP contribution in [-0.2, 0) is 38.1 Å². The third-order valence-corrected chi connectivity index (χ3v) is 10.7. The minimum absolute atomic E-state index is 0.178. The molecule has 3 fully saturated rings. The van der Waals surface area contributed by atoms with Crippen molar-refractivity contribution in [1.29, 1.82) is 0 Å². The number of nitrogens with one attached hydrogen (secondary N) is 2. The molecule has 1 aliphatic carbocycles. The van der Waals surface area contributed by atoms with Crippen molar-refractivity contribution >= 4 is 29.1 Å². The van der Waals surface area contributed by atoms with Gasteiger partial charge in [-0.2, -0.15) is 13.2 Å². The SMILES string of the molecule is CN1C[C@H](C(=O)NC(C)(C)O[C@@]2(O)[C@@H]3CCCN3C(=O)C(Cc3ccccc3)N2C=O)CC2c3cccc4[nH]c(C(F)(F)F)c(c34)CC21. The molecule has 10 nitrogen and oxygen atoms in total. The predicted octanol–water partition coefficient (Wildman–Crippen LogP) is 3.74. The molecule has 0 radical (unpaired) electrons. The van der Waals surface area contributed by atoms with Crippen LogP contribution in [0.1, 0.15) is 61.4 Å². The Balaban J connectivity index is 1.12. The summed E-state index contributed by atoms with van der Waals surface area (Å²) >= 11 is 0. The number of aromatic amines is 1. The van der Waals surface area contributed by atoms with Gasteiger partial charge >= 0.3 is 6.18 Å². The number of aliphatic hydroxyl groups is 1. The fourth-order valence-corrected chi connectivity index (χ4v) is 8.68. The number of carbonyl (C=O) groups excluding carboxylic acids is 3. The third kappa shape index (κ3) is 5.36. The van der Waals surface area contributed by atoms with E-state index in [4.69, 9.17) is 4.74 Å². The molecule has 256 valence electrons. The number of ether oxygens (including phenoxy) is 1. The second-order valence-electron chi connectivity index (χ2n) is 14.2. The molecule has 3 saturated heterocycles. The van der Waals surface area contributed by atoms with Gasteiger partial charge in [0.2, 0.25) is 18.2 Å². The van der Waals surface area contributed by atoms with E-state index >= 15 is 0 Å². The van der Waals surface area contributed by atoms with E-state index in [1.54, 1.807) is 30.9 Å². The highest BCUT2D eigenvalue weighted by Gasteiger charge is 2.60. The summed E-state index contributed by atoms with van der Waals surface area (Å²) in [5, 5.41) is 15.7. The van der Waals surface area contributed by atoms with Crippen molar-refractivity contribution in [3.63, 3.8) is 0 Å². The molecule has 13 heteroatoms. The van der Waals surface area contributed by atoms with E-state index < -0.39 is 41.5 Å². The Morgan fingerprint density at radius 1 is 1.17 bits per heavy atom. The summed E-state index contributed by atoms with van der Waals surface area (Å²) in [6.07, 6.45) is -2.23. The number of alkyl halides is 3. The number of nitrogens with zero attached hydrogens (tertiary/aromatic N) is 3. The zero-order valence-electron chi connectivity index (χ0n) is 27.1. The van der Waals surface area contributed by atoms with Gasteiger partial charge in [-0.15, -0.1) is 0 Å². The van der Waals surface area contributed by atoms with Crippen LogP contribution in [0.2, 0.25) is 0 Å². The Labute approximate surface area is 276 Å². The average Bonchev–Trinajstić information content (AvgIpc) is 3.68. The summed E-state index contributed by atoms with van der Waals surface area (Å²) in [5.74, 6) is -3.53. The molecule has 0 bridgehead atoms. The van der Waals surface area contributed by atoms with E-state index in [-0.39, 0.29) is 42.2 Å². The molecule has 4 heterocycles. The van der Waals surface area contributed by atoms with Gasteiger partial charge in [-0.1, -0.05) is 42.5 Å². The van der Waals surface area contributed by atoms with Crippen molar-refractivity contribution in [2.75, 3.05) is 20.1 Å². The van der Waals surface area contributed by atoms with Gasteiger partial charge in [-0.05, 0) is 69.3 Å². The van der Waals surface area contributed by atoms with Crippen LogP contribution in [0.15, 0.2) is 48.5 Å². The fourth-order valence-electron chi connectivity index (χ4n) is 8.68. The molecule has 48 heavy (non-hydrogen) atoms. The zero-order chi connectivity index (χ0) is 34.2. The average molecular weight is 668 g/mol. The molecule has 1 aromatic heterocycles. The van der Waals surface area contributed by atoms with Crippen LogP contribution in [0.4, 0.5) is 13.2 Å². The summed E-state index contributed by atoms with van der Waals surface area (Å²) in [5.41, 5.74) is 0.116. The monoisotopic (exact) mass is 667 g/mol. The first-order valence-electron chi connectivity index (χ1n) is 16.5. The van der Waals surface area contributed by atoms with Crippen LogP contribution in [0, 0.1) is 5.92 Å².